The molecule has 0 fully saturated rings. The second-order valence-electron chi connectivity index (χ2n) is 4.85. The number of pyridine rings is 2. The molecule has 20 heavy (non-hydrogen) atoms. The van der Waals surface area contributed by atoms with E-state index in [4.69, 9.17) is 8.53 Å². The van der Waals surface area contributed by atoms with Crippen molar-refractivity contribution in [2.24, 2.45) is 6.98 Å². The first-order chi connectivity index (χ1) is 11.1. The summed E-state index contributed by atoms with van der Waals surface area (Å²) in [5.74, 6) is 0.604. The number of fused-ring (bicyclic) bond motifs is 7. The maximum Gasteiger partial charge on any atom is 0.340 e. The van der Waals surface area contributed by atoms with Crippen LogP contribution in [0.2, 0.25) is 0 Å². The van der Waals surface area contributed by atoms with Crippen molar-refractivity contribution >= 4 is 22.3 Å². The van der Waals surface area contributed by atoms with Crippen LogP contribution in [0.1, 0.15) is 9.81 Å². The van der Waals surface area contributed by atoms with Crippen LogP contribution in [0.5, 0.6) is 0 Å². The molecule has 4 aromatic rings. The van der Waals surface area contributed by atoms with Gasteiger partial charge < -0.3 is 4.42 Å². The number of hydrogen-bond acceptors (Lipinski definition) is 3. The third-order valence-corrected chi connectivity index (χ3v) is 3.80. The molecule has 0 aliphatic carbocycles. The zero-order valence-electron chi connectivity index (χ0n) is 13.4. The van der Waals surface area contributed by atoms with E-state index in [0.29, 0.717) is 23.8 Å². The van der Waals surface area contributed by atoms with Gasteiger partial charge in [0.05, 0.1) is 27.7 Å². The first kappa shape index (κ1) is 7.79. The monoisotopic (exact) mass is 266 g/mol. The van der Waals surface area contributed by atoms with Crippen molar-refractivity contribution in [3.8, 4) is 11.4 Å². The van der Waals surface area contributed by atoms with E-state index in [-0.39, 0.29) is 0 Å². The molecule has 5 nitrogen and oxygen atoms in total. The molecule has 5 heteroatoms. The van der Waals surface area contributed by atoms with Gasteiger partial charge in [-0.25, -0.2) is 9.55 Å². The minimum Gasteiger partial charge on any atom is -0.400 e. The van der Waals surface area contributed by atoms with Crippen molar-refractivity contribution in [2.45, 2.75) is 6.54 Å². The SMILES string of the molecule is [2H]C([2H])([2H])[n+]1c2n(c3c4cccnc4oc31)Cc1ncccc1-2. The average molecular weight is 266 g/mol. The van der Waals surface area contributed by atoms with Crippen LogP contribution in [0.15, 0.2) is 41.1 Å². The maximum absolute atomic E-state index is 7.94. The summed E-state index contributed by atoms with van der Waals surface area (Å²) >= 11 is 0. The van der Waals surface area contributed by atoms with Crippen molar-refractivity contribution in [3.05, 3.63) is 42.4 Å². The van der Waals surface area contributed by atoms with E-state index < -0.39 is 6.98 Å². The molecular weight excluding hydrogens is 252 g/mol. The van der Waals surface area contributed by atoms with Gasteiger partial charge in [0.15, 0.2) is 0 Å². The molecule has 96 valence electrons. The van der Waals surface area contributed by atoms with E-state index in [9.17, 15) is 0 Å². The lowest BCUT2D eigenvalue weighted by Gasteiger charge is -1.93. The van der Waals surface area contributed by atoms with Crippen LogP contribution < -0.4 is 4.57 Å². The zero-order valence-corrected chi connectivity index (χ0v) is 10.4. The van der Waals surface area contributed by atoms with Crippen LogP contribution in [0.25, 0.3) is 33.7 Å². The Morgan fingerprint density at radius 2 is 2.20 bits per heavy atom. The standard InChI is InChI=1S/C15H11N4O/c1-18-14-9-4-2-6-16-11(9)8-19(14)12-10-5-3-7-17-13(10)20-15(12)18/h2-7H,8H2,1H3/q+1/i1D3. The third-order valence-electron chi connectivity index (χ3n) is 3.80. The number of furan rings is 1. The Morgan fingerprint density at radius 3 is 3.15 bits per heavy atom. The lowest BCUT2D eigenvalue weighted by molar-refractivity contribution is -0.640. The van der Waals surface area contributed by atoms with Gasteiger partial charge in [-0.05, 0) is 24.3 Å². The number of nitrogens with zero attached hydrogens (tertiary/aromatic N) is 4. The Balaban J connectivity index is 2.01. The van der Waals surface area contributed by atoms with Gasteiger partial charge in [0.1, 0.15) is 6.54 Å². The fourth-order valence-electron chi connectivity index (χ4n) is 2.98. The van der Waals surface area contributed by atoms with Gasteiger partial charge in [0.2, 0.25) is 11.2 Å². The molecule has 5 rings (SSSR count). The van der Waals surface area contributed by atoms with Crippen molar-refractivity contribution in [2.75, 3.05) is 0 Å². The molecule has 4 aromatic heterocycles. The normalized spacial score (nSPS) is 15.9. The first-order valence-electron chi connectivity index (χ1n) is 7.82. The number of rotatable bonds is 0. The fraction of sp³-hybridized carbons (Fsp3) is 0.133. The minimum absolute atomic E-state index is 0.322. The van der Waals surface area contributed by atoms with Gasteiger partial charge in [-0.1, -0.05) is 0 Å². The van der Waals surface area contributed by atoms with Crippen LogP contribution in [-0.4, -0.2) is 14.5 Å². The molecule has 5 heterocycles. The van der Waals surface area contributed by atoms with E-state index in [0.717, 1.165) is 22.2 Å². The van der Waals surface area contributed by atoms with Gasteiger partial charge in [0.25, 0.3) is 5.82 Å². The van der Waals surface area contributed by atoms with Crippen LogP contribution in [0.4, 0.5) is 0 Å². The lowest BCUT2D eigenvalue weighted by Crippen LogP contribution is -2.29. The Bertz CT molecular complexity index is 1090. The largest absolute Gasteiger partial charge is 0.400 e. The molecule has 0 atom stereocenters. The molecule has 0 N–H and O–H groups in total. The van der Waals surface area contributed by atoms with Gasteiger partial charge in [-0.2, -0.15) is 4.57 Å². The molecule has 0 bridgehead atoms. The lowest BCUT2D eigenvalue weighted by atomic mass is 10.2. The number of imidazole rings is 1. The van der Waals surface area contributed by atoms with Gasteiger partial charge in [-0.3, -0.25) is 4.98 Å². The number of aryl methyl sites for hydroxylation is 1. The first-order valence-corrected chi connectivity index (χ1v) is 6.32. The van der Waals surface area contributed by atoms with E-state index >= 15 is 0 Å². The maximum atomic E-state index is 7.94. The summed E-state index contributed by atoms with van der Waals surface area (Å²) < 4.78 is 32.8. The van der Waals surface area contributed by atoms with Gasteiger partial charge in [-0.15, -0.1) is 0 Å². The second kappa shape index (κ2) is 3.25. The summed E-state index contributed by atoms with van der Waals surface area (Å²) in [4.78, 5) is 8.57. The Kier molecular flexibility index (Phi) is 1.27. The summed E-state index contributed by atoms with van der Waals surface area (Å²) in [6.07, 6.45) is 3.35. The topological polar surface area (TPSA) is 47.7 Å². The summed E-state index contributed by atoms with van der Waals surface area (Å²) in [5, 5.41) is 0.805. The summed E-state index contributed by atoms with van der Waals surface area (Å²) in [5.41, 5.74) is 3.20. The molecule has 0 saturated heterocycles. The Labute approximate surface area is 118 Å². The number of hydrogen-bond donors (Lipinski definition) is 0. The molecule has 0 spiro atoms. The molecule has 0 saturated carbocycles. The highest BCUT2D eigenvalue weighted by Gasteiger charge is 2.36. The number of aromatic nitrogens is 4. The summed E-state index contributed by atoms with van der Waals surface area (Å²) in [7, 11) is 0. The predicted molar refractivity (Wildman–Crippen MR) is 73.0 cm³/mol. The smallest absolute Gasteiger partial charge is 0.340 e. The van der Waals surface area contributed by atoms with Crippen LogP contribution >= 0.6 is 0 Å². The zero-order chi connectivity index (χ0) is 15.8. The quantitative estimate of drug-likeness (QED) is 0.403. The Hall–Kier alpha value is -2.69. The van der Waals surface area contributed by atoms with E-state index in [2.05, 4.69) is 9.97 Å². The van der Waals surface area contributed by atoms with Crippen LogP contribution in [0, 0.1) is 0 Å². The molecule has 0 radical (unpaired) electrons. The molecule has 0 amide bonds. The Morgan fingerprint density at radius 1 is 1.30 bits per heavy atom. The van der Waals surface area contributed by atoms with E-state index in [1.807, 2.05) is 28.8 Å². The highest BCUT2D eigenvalue weighted by molar-refractivity contribution is 6.00. The van der Waals surface area contributed by atoms with Crippen LogP contribution in [0.3, 0.4) is 0 Å². The molecule has 0 aromatic carbocycles. The van der Waals surface area contributed by atoms with Crippen molar-refractivity contribution in [1.29, 1.82) is 0 Å². The van der Waals surface area contributed by atoms with Crippen LogP contribution in [-0.2, 0) is 13.5 Å². The van der Waals surface area contributed by atoms with Crippen molar-refractivity contribution < 1.29 is 13.1 Å². The average Bonchev–Trinajstić information content (AvgIpc) is 3.12. The second-order valence-corrected chi connectivity index (χ2v) is 4.85. The highest BCUT2D eigenvalue weighted by atomic mass is 16.4. The highest BCUT2D eigenvalue weighted by Crippen LogP contribution is 2.35. The summed E-state index contributed by atoms with van der Waals surface area (Å²) in [6.45, 7) is -1.83. The molecular formula is C15H11N4O+. The fourth-order valence-corrected chi connectivity index (χ4v) is 2.98. The van der Waals surface area contributed by atoms with E-state index in [1.54, 1.807) is 12.4 Å². The summed E-state index contributed by atoms with van der Waals surface area (Å²) in [6, 6.07) is 7.41. The third kappa shape index (κ3) is 1.02. The van der Waals surface area contributed by atoms with Crippen molar-refractivity contribution in [3.63, 3.8) is 0 Å². The van der Waals surface area contributed by atoms with E-state index in [1.165, 1.54) is 4.57 Å². The van der Waals surface area contributed by atoms with Crippen molar-refractivity contribution in [1.82, 2.24) is 14.5 Å². The van der Waals surface area contributed by atoms with Gasteiger partial charge >= 0.3 is 5.71 Å². The molecule has 0 unspecified atom stereocenters. The minimum atomic E-state index is -2.36. The molecule has 1 aliphatic heterocycles. The van der Waals surface area contributed by atoms with Gasteiger partial charge in [0, 0.05) is 12.4 Å². The molecule has 1 aliphatic rings. The predicted octanol–water partition coefficient (Wildman–Crippen LogP) is 2.03.